The van der Waals surface area contributed by atoms with Crippen molar-refractivity contribution in [1.82, 2.24) is 20.0 Å². The van der Waals surface area contributed by atoms with Gasteiger partial charge in [0.2, 0.25) is 16.0 Å². The summed E-state index contributed by atoms with van der Waals surface area (Å²) in [5.74, 6) is 1.63. The van der Waals surface area contributed by atoms with Gasteiger partial charge in [-0.15, -0.1) is 11.3 Å². The highest BCUT2D eigenvalue weighted by Crippen LogP contribution is 2.37. The van der Waals surface area contributed by atoms with E-state index in [1.165, 1.54) is 23.9 Å². The Labute approximate surface area is 215 Å². The average molecular weight is 524 g/mol. The van der Waals surface area contributed by atoms with E-state index in [-0.39, 0.29) is 5.75 Å². The third-order valence-corrected chi connectivity index (χ3v) is 8.78. The second-order valence-corrected chi connectivity index (χ2v) is 11.6. The second kappa shape index (κ2) is 10.5. The molecule has 0 spiro atoms. The highest BCUT2D eigenvalue weighted by Gasteiger charge is 2.19. The maximum absolute atomic E-state index is 12.2. The van der Waals surface area contributed by atoms with Gasteiger partial charge in [-0.1, -0.05) is 30.3 Å². The van der Waals surface area contributed by atoms with Gasteiger partial charge in [0, 0.05) is 10.9 Å². The number of thiophene rings is 1. The van der Waals surface area contributed by atoms with Crippen molar-refractivity contribution in [3.05, 3.63) is 65.2 Å². The van der Waals surface area contributed by atoms with Crippen LogP contribution in [0.4, 0.5) is 11.6 Å². The molecule has 188 valence electrons. The van der Waals surface area contributed by atoms with Gasteiger partial charge in [-0.3, -0.25) is 0 Å². The van der Waals surface area contributed by atoms with Crippen LogP contribution in [-0.4, -0.2) is 45.6 Å². The van der Waals surface area contributed by atoms with Gasteiger partial charge in [0.05, 0.1) is 35.0 Å². The van der Waals surface area contributed by atoms with Crippen LogP contribution in [0.3, 0.4) is 0 Å². The Morgan fingerprint density at radius 3 is 2.72 bits per heavy atom. The lowest BCUT2D eigenvalue weighted by atomic mass is 9.90. The fraction of sp³-hybridized carbons (Fsp3) is 0.308. The van der Waals surface area contributed by atoms with Gasteiger partial charge < -0.3 is 15.4 Å². The number of piperidine rings is 1. The molecule has 5 rings (SSSR count). The van der Waals surface area contributed by atoms with Crippen LogP contribution in [0.25, 0.3) is 21.3 Å². The highest BCUT2D eigenvalue weighted by atomic mass is 32.2. The molecule has 3 N–H and O–H groups in total. The first-order valence-corrected chi connectivity index (χ1v) is 14.4. The van der Waals surface area contributed by atoms with Crippen LogP contribution in [0.5, 0.6) is 5.75 Å². The number of nitrogens with one attached hydrogen (secondary N) is 3. The quantitative estimate of drug-likeness (QED) is 0.309. The number of ether oxygens (including phenoxy) is 1. The first-order chi connectivity index (χ1) is 17.5. The van der Waals surface area contributed by atoms with Gasteiger partial charge in [-0.05, 0) is 67.7 Å². The maximum atomic E-state index is 12.2. The Hall–Kier alpha value is -3.05. The molecule has 2 aromatic heterocycles. The molecule has 0 aliphatic carbocycles. The van der Waals surface area contributed by atoms with E-state index in [0.717, 1.165) is 64.3 Å². The summed E-state index contributed by atoms with van der Waals surface area (Å²) in [4.78, 5) is 9.32. The molecule has 0 radical (unpaired) electrons. The predicted octanol–water partition coefficient (Wildman–Crippen LogP) is 4.63. The molecule has 8 nitrogen and oxygen atoms in total. The van der Waals surface area contributed by atoms with Crippen molar-refractivity contribution in [2.24, 2.45) is 0 Å². The van der Waals surface area contributed by atoms with Crippen LogP contribution in [0.15, 0.2) is 54.0 Å². The molecule has 0 unspecified atom stereocenters. The van der Waals surface area contributed by atoms with Crippen molar-refractivity contribution in [3.63, 3.8) is 0 Å². The minimum Gasteiger partial charge on any atom is -0.495 e. The number of nitrogens with zero attached hydrogens (tertiary/aromatic N) is 2. The van der Waals surface area contributed by atoms with Crippen molar-refractivity contribution in [2.75, 3.05) is 32.6 Å². The van der Waals surface area contributed by atoms with Crippen molar-refractivity contribution in [3.8, 4) is 16.9 Å². The lowest BCUT2D eigenvalue weighted by molar-refractivity contribution is 0.413. The molecule has 1 saturated heterocycles. The van der Waals surface area contributed by atoms with Crippen LogP contribution < -0.4 is 20.1 Å². The van der Waals surface area contributed by atoms with E-state index in [0.29, 0.717) is 11.9 Å². The summed E-state index contributed by atoms with van der Waals surface area (Å²) in [6.45, 7) is 2.07. The molecule has 1 aliphatic heterocycles. The van der Waals surface area contributed by atoms with Crippen molar-refractivity contribution in [1.29, 1.82) is 0 Å². The molecular weight excluding hydrogens is 494 g/mol. The van der Waals surface area contributed by atoms with Crippen molar-refractivity contribution in [2.45, 2.75) is 24.5 Å². The molecule has 0 saturated carbocycles. The number of hydrogen-bond donors (Lipinski definition) is 3. The summed E-state index contributed by atoms with van der Waals surface area (Å²) in [5.41, 5.74) is 5.30. The minimum absolute atomic E-state index is 0.103. The van der Waals surface area contributed by atoms with E-state index in [2.05, 4.69) is 32.5 Å². The van der Waals surface area contributed by atoms with E-state index in [1.54, 1.807) is 13.3 Å². The third-order valence-electron chi connectivity index (χ3n) is 6.56. The smallest absolute Gasteiger partial charge is 0.227 e. The van der Waals surface area contributed by atoms with E-state index < -0.39 is 10.0 Å². The molecule has 3 heterocycles. The minimum atomic E-state index is -3.42. The molecule has 2 aromatic carbocycles. The summed E-state index contributed by atoms with van der Waals surface area (Å²) in [6.07, 6.45) is 4.03. The SMILES string of the molecule is CNS(=O)(=O)Cc1ccccc1-c1csc2cnc(Nc3ccc(C4CCNCC4)cc3OC)nc12. The second-order valence-electron chi connectivity index (χ2n) is 8.79. The first-order valence-electron chi connectivity index (χ1n) is 11.9. The Bertz CT molecular complexity index is 1480. The zero-order valence-corrected chi connectivity index (χ0v) is 21.9. The Balaban J connectivity index is 1.47. The molecule has 1 aliphatic rings. The number of anilines is 2. The van der Waals surface area contributed by atoms with Gasteiger partial charge >= 0.3 is 0 Å². The number of fused-ring (bicyclic) bond motifs is 1. The molecule has 4 aromatic rings. The van der Waals surface area contributed by atoms with Gasteiger partial charge in [-0.25, -0.2) is 23.1 Å². The predicted molar refractivity (Wildman–Crippen MR) is 146 cm³/mol. The Morgan fingerprint density at radius 2 is 1.94 bits per heavy atom. The van der Waals surface area contributed by atoms with Crippen molar-refractivity contribution >= 4 is 43.2 Å². The van der Waals surface area contributed by atoms with Crippen molar-refractivity contribution < 1.29 is 13.2 Å². The van der Waals surface area contributed by atoms with E-state index in [1.807, 2.05) is 35.7 Å². The summed E-state index contributed by atoms with van der Waals surface area (Å²) in [7, 11) is -0.320. The number of methoxy groups -OCH3 is 1. The summed E-state index contributed by atoms with van der Waals surface area (Å²) >= 11 is 1.53. The monoisotopic (exact) mass is 523 g/mol. The van der Waals surface area contributed by atoms with Gasteiger partial charge in [0.1, 0.15) is 5.75 Å². The fourth-order valence-electron chi connectivity index (χ4n) is 4.61. The lowest BCUT2D eigenvalue weighted by Gasteiger charge is -2.24. The first kappa shape index (κ1) is 24.6. The fourth-order valence-corrected chi connectivity index (χ4v) is 6.28. The molecule has 10 heteroatoms. The van der Waals surface area contributed by atoms with Crippen LogP contribution in [-0.2, 0) is 15.8 Å². The van der Waals surface area contributed by atoms with E-state index in [9.17, 15) is 8.42 Å². The molecule has 36 heavy (non-hydrogen) atoms. The Morgan fingerprint density at radius 1 is 1.14 bits per heavy atom. The Kier molecular flexibility index (Phi) is 7.20. The maximum Gasteiger partial charge on any atom is 0.227 e. The average Bonchev–Trinajstić information content (AvgIpc) is 3.32. The number of rotatable bonds is 8. The normalized spacial score (nSPS) is 14.7. The summed E-state index contributed by atoms with van der Waals surface area (Å²) in [5, 5.41) is 8.73. The standard InChI is InChI=1S/C26H29N5O3S2/c1-27-36(32,33)16-19-5-3-4-6-20(19)21-15-35-24-14-29-26(31-25(21)24)30-22-8-7-18(13-23(22)34-2)17-9-11-28-12-10-17/h3-8,13-15,17,27-28H,9-12,16H2,1-2H3,(H,29,30,31). The largest absolute Gasteiger partial charge is 0.495 e. The lowest BCUT2D eigenvalue weighted by Crippen LogP contribution is -2.26. The van der Waals surface area contributed by atoms with Crippen LogP contribution in [0.1, 0.15) is 29.9 Å². The van der Waals surface area contributed by atoms with Crippen LogP contribution >= 0.6 is 11.3 Å². The molecule has 1 fully saturated rings. The molecule has 0 bridgehead atoms. The third kappa shape index (κ3) is 5.22. The van der Waals surface area contributed by atoms with Crippen LogP contribution in [0.2, 0.25) is 0 Å². The molecule has 0 atom stereocenters. The summed E-state index contributed by atoms with van der Waals surface area (Å²) in [6, 6.07) is 13.8. The highest BCUT2D eigenvalue weighted by molar-refractivity contribution is 7.88. The van der Waals surface area contributed by atoms with Gasteiger partial charge in [0.25, 0.3) is 0 Å². The molecular formula is C26H29N5O3S2. The van der Waals surface area contributed by atoms with Gasteiger partial charge in [0.15, 0.2) is 0 Å². The topological polar surface area (TPSA) is 105 Å². The zero-order valence-electron chi connectivity index (χ0n) is 20.2. The van der Waals surface area contributed by atoms with Crippen LogP contribution in [0, 0.1) is 0 Å². The zero-order chi connectivity index (χ0) is 25.1. The number of sulfonamides is 1. The number of benzene rings is 2. The summed E-state index contributed by atoms with van der Waals surface area (Å²) < 4.78 is 33.5. The van der Waals surface area contributed by atoms with E-state index in [4.69, 9.17) is 9.72 Å². The van der Waals surface area contributed by atoms with E-state index >= 15 is 0 Å². The number of aromatic nitrogens is 2. The van der Waals surface area contributed by atoms with Gasteiger partial charge in [-0.2, -0.15) is 0 Å². The molecule has 0 amide bonds. The number of hydrogen-bond acceptors (Lipinski definition) is 8.